The first-order valence-electron chi connectivity index (χ1n) is 6.77. The highest BCUT2D eigenvalue weighted by atomic mass is 19.1. The summed E-state index contributed by atoms with van der Waals surface area (Å²) in [4.78, 5) is 10.9. The standard InChI is InChI=1S/C16H19FN2O2/c1-10-7-13(8-15(18)16(20)21)11(2)19(10)9-12-5-3-4-6-14(12)17/h3-7,15H,8-9,18H2,1-2H3,(H,20,21). The predicted molar refractivity (Wildman–Crippen MR) is 78.7 cm³/mol. The van der Waals surface area contributed by atoms with E-state index in [-0.39, 0.29) is 12.2 Å². The molecule has 0 fully saturated rings. The molecule has 0 saturated carbocycles. The smallest absolute Gasteiger partial charge is 0.320 e. The van der Waals surface area contributed by atoms with Crippen LogP contribution in [0.15, 0.2) is 30.3 Å². The van der Waals surface area contributed by atoms with Crippen LogP contribution in [-0.2, 0) is 17.8 Å². The van der Waals surface area contributed by atoms with Gasteiger partial charge < -0.3 is 15.4 Å². The van der Waals surface area contributed by atoms with Crippen molar-refractivity contribution < 1.29 is 14.3 Å². The maximum Gasteiger partial charge on any atom is 0.320 e. The minimum Gasteiger partial charge on any atom is -0.480 e. The molecule has 1 aromatic heterocycles. The summed E-state index contributed by atoms with van der Waals surface area (Å²) in [6.07, 6.45) is 0.270. The highest BCUT2D eigenvalue weighted by Crippen LogP contribution is 2.19. The quantitative estimate of drug-likeness (QED) is 0.887. The average molecular weight is 290 g/mol. The van der Waals surface area contributed by atoms with Crippen LogP contribution in [0, 0.1) is 19.7 Å². The fraction of sp³-hybridized carbons (Fsp3) is 0.312. The monoisotopic (exact) mass is 290 g/mol. The topological polar surface area (TPSA) is 68.2 Å². The van der Waals surface area contributed by atoms with Gasteiger partial charge in [-0.15, -0.1) is 0 Å². The molecule has 2 rings (SSSR count). The molecule has 0 aliphatic rings. The van der Waals surface area contributed by atoms with Gasteiger partial charge in [-0.3, -0.25) is 4.79 Å². The molecule has 0 spiro atoms. The second-order valence-electron chi connectivity index (χ2n) is 5.22. The lowest BCUT2D eigenvalue weighted by Gasteiger charge is -2.11. The first-order valence-corrected chi connectivity index (χ1v) is 6.77. The molecule has 2 aromatic rings. The van der Waals surface area contributed by atoms with Crippen molar-refractivity contribution >= 4 is 5.97 Å². The second kappa shape index (κ2) is 6.10. The van der Waals surface area contributed by atoms with E-state index in [0.29, 0.717) is 12.1 Å². The van der Waals surface area contributed by atoms with Gasteiger partial charge in [0.1, 0.15) is 11.9 Å². The molecule has 0 saturated heterocycles. The highest BCUT2D eigenvalue weighted by molar-refractivity contribution is 5.73. The van der Waals surface area contributed by atoms with Crippen LogP contribution in [0.2, 0.25) is 0 Å². The fourth-order valence-corrected chi connectivity index (χ4v) is 2.44. The van der Waals surface area contributed by atoms with E-state index in [0.717, 1.165) is 17.0 Å². The molecule has 1 aromatic carbocycles. The third-order valence-electron chi connectivity index (χ3n) is 3.72. The predicted octanol–water partition coefficient (Wildman–Crippen LogP) is 2.25. The van der Waals surface area contributed by atoms with Gasteiger partial charge in [0.2, 0.25) is 0 Å². The van der Waals surface area contributed by atoms with Gasteiger partial charge in [-0.05, 0) is 38.0 Å². The Labute approximate surface area is 123 Å². The molecule has 0 bridgehead atoms. The minimum absolute atomic E-state index is 0.242. The molecule has 1 atom stereocenters. The van der Waals surface area contributed by atoms with Crippen molar-refractivity contribution in [2.75, 3.05) is 0 Å². The summed E-state index contributed by atoms with van der Waals surface area (Å²) in [5.41, 5.74) is 8.96. The summed E-state index contributed by atoms with van der Waals surface area (Å²) in [5.74, 6) is -1.26. The first-order chi connectivity index (χ1) is 9.90. The van der Waals surface area contributed by atoms with Crippen molar-refractivity contribution in [3.63, 3.8) is 0 Å². The molecule has 112 valence electrons. The third-order valence-corrected chi connectivity index (χ3v) is 3.72. The summed E-state index contributed by atoms with van der Waals surface area (Å²) < 4.78 is 15.7. The molecule has 0 radical (unpaired) electrons. The molecule has 0 aliphatic carbocycles. The number of carboxylic acid groups (broad SMARTS) is 1. The number of nitrogens with zero attached hydrogens (tertiary/aromatic N) is 1. The summed E-state index contributed by atoms with van der Waals surface area (Å²) in [6.45, 7) is 4.24. The van der Waals surface area contributed by atoms with E-state index in [1.165, 1.54) is 6.07 Å². The molecule has 0 aliphatic heterocycles. The Hall–Kier alpha value is -2.14. The van der Waals surface area contributed by atoms with E-state index < -0.39 is 12.0 Å². The zero-order valence-electron chi connectivity index (χ0n) is 12.1. The maximum atomic E-state index is 13.8. The molecule has 1 unspecified atom stereocenters. The fourth-order valence-electron chi connectivity index (χ4n) is 2.44. The van der Waals surface area contributed by atoms with Crippen LogP contribution >= 0.6 is 0 Å². The lowest BCUT2D eigenvalue weighted by atomic mass is 10.1. The summed E-state index contributed by atoms with van der Waals surface area (Å²) >= 11 is 0. The van der Waals surface area contributed by atoms with Crippen LogP contribution in [0.5, 0.6) is 0 Å². The Kier molecular flexibility index (Phi) is 4.43. The summed E-state index contributed by atoms with van der Waals surface area (Å²) in [6, 6.07) is 7.63. The van der Waals surface area contributed by atoms with E-state index in [4.69, 9.17) is 10.8 Å². The van der Waals surface area contributed by atoms with Crippen molar-refractivity contribution in [3.8, 4) is 0 Å². The molecule has 0 amide bonds. The second-order valence-corrected chi connectivity index (χ2v) is 5.22. The number of rotatable bonds is 5. The maximum absolute atomic E-state index is 13.8. The van der Waals surface area contributed by atoms with E-state index in [9.17, 15) is 9.18 Å². The van der Waals surface area contributed by atoms with Gasteiger partial charge in [0.25, 0.3) is 0 Å². The van der Waals surface area contributed by atoms with Crippen LogP contribution in [-0.4, -0.2) is 21.7 Å². The van der Waals surface area contributed by atoms with Crippen LogP contribution in [0.4, 0.5) is 4.39 Å². The zero-order chi connectivity index (χ0) is 15.6. The number of hydrogen-bond donors (Lipinski definition) is 2. The highest BCUT2D eigenvalue weighted by Gasteiger charge is 2.17. The number of hydrogen-bond acceptors (Lipinski definition) is 2. The Bertz CT molecular complexity index is 664. The Morgan fingerprint density at radius 1 is 1.33 bits per heavy atom. The van der Waals surface area contributed by atoms with Crippen molar-refractivity contribution in [1.82, 2.24) is 4.57 Å². The number of aromatic nitrogens is 1. The van der Waals surface area contributed by atoms with E-state index in [1.54, 1.807) is 18.2 Å². The van der Waals surface area contributed by atoms with Crippen LogP contribution in [0.3, 0.4) is 0 Å². The average Bonchev–Trinajstić information content (AvgIpc) is 2.68. The van der Waals surface area contributed by atoms with Crippen molar-refractivity contribution in [1.29, 1.82) is 0 Å². The molecule has 3 N–H and O–H groups in total. The molecular weight excluding hydrogens is 271 g/mol. The van der Waals surface area contributed by atoms with Gasteiger partial charge >= 0.3 is 5.97 Å². The number of nitrogens with two attached hydrogens (primary N) is 1. The number of aliphatic carboxylic acids is 1. The van der Waals surface area contributed by atoms with Crippen LogP contribution < -0.4 is 5.73 Å². The van der Waals surface area contributed by atoms with Gasteiger partial charge in [-0.2, -0.15) is 0 Å². The number of aryl methyl sites for hydroxylation is 1. The van der Waals surface area contributed by atoms with Crippen LogP contribution in [0.1, 0.15) is 22.5 Å². The first kappa shape index (κ1) is 15.3. The van der Waals surface area contributed by atoms with E-state index in [2.05, 4.69) is 0 Å². The largest absolute Gasteiger partial charge is 0.480 e. The van der Waals surface area contributed by atoms with Gasteiger partial charge in [0, 0.05) is 17.0 Å². The van der Waals surface area contributed by atoms with Crippen molar-refractivity contribution in [2.24, 2.45) is 5.73 Å². The minimum atomic E-state index is -1.02. The van der Waals surface area contributed by atoms with Gasteiger partial charge in [-0.1, -0.05) is 18.2 Å². The van der Waals surface area contributed by atoms with Crippen molar-refractivity contribution in [3.05, 3.63) is 58.7 Å². The van der Waals surface area contributed by atoms with Crippen molar-refractivity contribution in [2.45, 2.75) is 32.9 Å². The number of halogens is 1. The molecule has 21 heavy (non-hydrogen) atoms. The van der Waals surface area contributed by atoms with Gasteiger partial charge in [-0.25, -0.2) is 4.39 Å². The lowest BCUT2D eigenvalue weighted by molar-refractivity contribution is -0.138. The third kappa shape index (κ3) is 3.31. The molecular formula is C16H19FN2O2. The Morgan fingerprint density at radius 3 is 2.62 bits per heavy atom. The van der Waals surface area contributed by atoms with Crippen LogP contribution in [0.25, 0.3) is 0 Å². The molecule has 5 heteroatoms. The summed E-state index contributed by atoms with van der Waals surface area (Å²) in [7, 11) is 0. The Balaban J connectivity index is 2.27. The number of carboxylic acids is 1. The Morgan fingerprint density at radius 2 is 2.00 bits per heavy atom. The van der Waals surface area contributed by atoms with Gasteiger partial charge in [0.15, 0.2) is 0 Å². The zero-order valence-corrected chi connectivity index (χ0v) is 12.1. The normalized spacial score (nSPS) is 12.4. The SMILES string of the molecule is Cc1cc(CC(N)C(=O)O)c(C)n1Cc1ccccc1F. The number of benzene rings is 1. The summed E-state index contributed by atoms with van der Waals surface area (Å²) in [5, 5.41) is 8.90. The van der Waals surface area contributed by atoms with E-state index >= 15 is 0 Å². The van der Waals surface area contributed by atoms with E-state index in [1.807, 2.05) is 24.5 Å². The van der Waals surface area contributed by atoms with Gasteiger partial charge in [0.05, 0.1) is 6.54 Å². The molecule has 4 nitrogen and oxygen atoms in total. The number of carbonyl (C=O) groups is 1. The molecule has 1 heterocycles. The lowest BCUT2D eigenvalue weighted by Crippen LogP contribution is -2.32.